The number of aryl methyl sites for hydroxylation is 2. The summed E-state index contributed by atoms with van der Waals surface area (Å²) in [5.74, 6) is 0.243. The van der Waals surface area contributed by atoms with E-state index in [0.29, 0.717) is 36.6 Å². The molecule has 1 atom stereocenters. The van der Waals surface area contributed by atoms with Crippen LogP contribution < -0.4 is 5.32 Å². The quantitative estimate of drug-likeness (QED) is 0.805. The van der Waals surface area contributed by atoms with Crippen LogP contribution >= 0.6 is 0 Å². The van der Waals surface area contributed by atoms with Gasteiger partial charge in [-0.2, -0.15) is 4.31 Å². The molecule has 1 aliphatic rings. The Morgan fingerprint density at radius 2 is 1.90 bits per heavy atom. The Morgan fingerprint density at radius 3 is 2.45 bits per heavy atom. The molecule has 10 heteroatoms. The molecule has 0 saturated carbocycles. The average molecular weight is 422 g/mol. The van der Waals surface area contributed by atoms with Crippen LogP contribution in [0.2, 0.25) is 0 Å². The van der Waals surface area contributed by atoms with Gasteiger partial charge in [0.05, 0.1) is 24.0 Å². The molecule has 0 bridgehead atoms. The Balaban J connectivity index is 1.71. The van der Waals surface area contributed by atoms with E-state index in [1.807, 2.05) is 20.8 Å². The van der Waals surface area contributed by atoms with Gasteiger partial charge in [0.25, 0.3) is 0 Å². The number of sulfonamides is 1. The third-order valence-electron chi connectivity index (χ3n) is 4.91. The zero-order valence-electron chi connectivity index (χ0n) is 17.4. The van der Waals surface area contributed by atoms with E-state index in [0.717, 1.165) is 0 Å². The molecule has 2 aromatic rings. The second-order valence-electron chi connectivity index (χ2n) is 8.39. The number of hydrogen-bond acceptors (Lipinski definition) is 7. The number of rotatable bonds is 4. The molecule has 1 unspecified atom stereocenters. The van der Waals surface area contributed by atoms with Crippen molar-refractivity contribution < 1.29 is 17.7 Å². The molecule has 0 radical (unpaired) electrons. The first-order valence-corrected chi connectivity index (χ1v) is 11.0. The van der Waals surface area contributed by atoms with Crippen LogP contribution in [0, 0.1) is 19.8 Å². The number of carbonyl (C=O) groups excluding carboxylic acids is 1. The molecule has 3 rings (SSSR count). The summed E-state index contributed by atoms with van der Waals surface area (Å²) in [6.07, 6.45) is 4.36. The third kappa shape index (κ3) is 4.48. The maximum Gasteiger partial charge on any atom is 0.248 e. The number of hydrogen-bond donors (Lipinski definition) is 1. The minimum absolute atomic E-state index is 0.0877. The molecule has 0 spiro atoms. The van der Waals surface area contributed by atoms with Crippen LogP contribution in [-0.4, -0.2) is 46.8 Å². The van der Waals surface area contributed by atoms with E-state index in [1.54, 1.807) is 26.2 Å². The summed E-state index contributed by atoms with van der Waals surface area (Å²) in [5.41, 5.74) is 0.637. The van der Waals surface area contributed by atoms with Gasteiger partial charge in [-0.3, -0.25) is 4.79 Å². The van der Waals surface area contributed by atoms with Gasteiger partial charge in [0.15, 0.2) is 5.76 Å². The first kappa shape index (κ1) is 21.4. The summed E-state index contributed by atoms with van der Waals surface area (Å²) in [6, 6.07) is 0. The fourth-order valence-electron chi connectivity index (χ4n) is 3.37. The van der Waals surface area contributed by atoms with Crippen LogP contribution in [-0.2, 0) is 20.2 Å². The summed E-state index contributed by atoms with van der Waals surface area (Å²) >= 11 is 0. The molecule has 1 fully saturated rings. The Kier molecular flexibility index (Phi) is 5.77. The lowest BCUT2D eigenvalue weighted by atomic mass is 9.96. The highest BCUT2D eigenvalue weighted by Crippen LogP contribution is 2.28. The monoisotopic (exact) mass is 421 g/mol. The average Bonchev–Trinajstić information content (AvgIpc) is 3.00. The van der Waals surface area contributed by atoms with Gasteiger partial charge in [0.1, 0.15) is 16.4 Å². The van der Waals surface area contributed by atoms with Gasteiger partial charge in [0, 0.05) is 18.5 Å². The molecule has 9 nitrogen and oxygen atoms in total. The Labute approximate surface area is 170 Å². The Hall–Kier alpha value is -2.33. The van der Waals surface area contributed by atoms with E-state index in [4.69, 9.17) is 4.52 Å². The van der Waals surface area contributed by atoms with E-state index >= 15 is 0 Å². The molecular weight excluding hydrogens is 394 g/mol. The van der Waals surface area contributed by atoms with Gasteiger partial charge in [-0.05, 0) is 26.7 Å². The zero-order valence-corrected chi connectivity index (χ0v) is 18.2. The lowest BCUT2D eigenvalue weighted by Gasteiger charge is -2.31. The molecule has 1 saturated heterocycles. The lowest BCUT2D eigenvalue weighted by molar-refractivity contribution is -0.120. The van der Waals surface area contributed by atoms with Gasteiger partial charge in [0.2, 0.25) is 15.9 Å². The lowest BCUT2D eigenvalue weighted by Crippen LogP contribution is -2.44. The summed E-state index contributed by atoms with van der Waals surface area (Å²) in [7, 11) is -3.77. The predicted molar refractivity (Wildman–Crippen MR) is 107 cm³/mol. The van der Waals surface area contributed by atoms with E-state index < -0.39 is 15.9 Å². The molecule has 1 aliphatic heterocycles. The molecule has 29 heavy (non-hydrogen) atoms. The number of piperidine rings is 1. The molecule has 1 N–H and O–H groups in total. The maximum absolute atomic E-state index is 13.0. The van der Waals surface area contributed by atoms with Crippen LogP contribution in [0.4, 0.5) is 5.69 Å². The van der Waals surface area contributed by atoms with Crippen molar-refractivity contribution in [3.63, 3.8) is 0 Å². The fraction of sp³-hybridized carbons (Fsp3) is 0.579. The van der Waals surface area contributed by atoms with Crippen molar-refractivity contribution in [2.24, 2.45) is 5.92 Å². The number of amides is 1. The van der Waals surface area contributed by atoms with Gasteiger partial charge in [-0.1, -0.05) is 25.9 Å². The molecule has 0 aromatic carbocycles. The van der Waals surface area contributed by atoms with E-state index in [1.165, 1.54) is 4.31 Å². The topological polar surface area (TPSA) is 118 Å². The first-order chi connectivity index (χ1) is 13.5. The standard InChI is InChI=1S/C19H27N5O4S/c1-12-16(13(2)28-23-12)29(26,27)24-8-6-7-14(11-24)17(25)22-15-9-20-18(21-10-15)19(3,4)5/h9-10,14H,6-8,11H2,1-5H3,(H,22,25). The van der Waals surface area contributed by atoms with Crippen molar-refractivity contribution in [2.45, 2.75) is 57.8 Å². The summed E-state index contributed by atoms with van der Waals surface area (Å²) < 4.78 is 32.4. The van der Waals surface area contributed by atoms with Crippen molar-refractivity contribution >= 4 is 21.6 Å². The predicted octanol–water partition coefficient (Wildman–Crippen LogP) is 2.42. The van der Waals surface area contributed by atoms with E-state index in [2.05, 4.69) is 20.4 Å². The maximum atomic E-state index is 13.0. The largest absolute Gasteiger partial charge is 0.360 e. The van der Waals surface area contributed by atoms with Crippen molar-refractivity contribution in [1.29, 1.82) is 0 Å². The van der Waals surface area contributed by atoms with Gasteiger partial charge in [-0.15, -0.1) is 0 Å². The van der Waals surface area contributed by atoms with Crippen LogP contribution in [0.3, 0.4) is 0 Å². The van der Waals surface area contributed by atoms with E-state index in [-0.39, 0.29) is 28.5 Å². The summed E-state index contributed by atoms with van der Waals surface area (Å²) in [6.45, 7) is 9.67. The van der Waals surface area contributed by atoms with Crippen LogP contribution in [0.15, 0.2) is 21.8 Å². The van der Waals surface area contributed by atoms with Crippen LogP contribution in [0.5, 0.6) is 0 Å². The van der Waals surface area contributed by atoms with Gasteiger partial charge >= 0.3 is 0 Å². The third-order valence-corrected chi connectivity index (χ3v) is 7.02. The number of anilines is 1. The highest BCUT2D eigenvalue weighted by Gasteiger charge is 2.36. The van der Waals surface area contributed by atoms with Crippen LogP contribution in [0.1, 0.15) is 50.9 Å². The molecular formula is C19H27N5O4S. The van der Waals surface area contributed by atoms with Crippen molar-refractivity contribution in [2.75, 3.05) is 18.4 Å². The molecule has 0 aliphatic carbocycles. The second kappa shape index (κ2) is 7.83. The number of nitrogens with zero attached hydrogens (tertiary/aromatic N) is 4. The Bertz CT molecular complexity index is 973. The minimum atomic E-state index is -3.77. The smallest absolute Gasteiger partial charge is 0.248 e. The molecule has 1 amide bonds. The number of nitrogens with one attached hydrogen (secondary N) is 1. The summed E-state index contributed by atoms with van der Waals surface area (Å²) in [4.78, 5) is 21.4. The Morgan fingerprint density at radius 1 is 1.24 bits per heavy atom. The normalized spacial score (nSPS) is 18.6. The second-order valence-corrected chi connectivity index (χ2v) is 10.3. The fourth-order valence-corrected chi connectivity index (χ4v) is 5.19. The van der Waals surface area contributed by atoms with Crippen molar-refractivity contribution in [3.05, 3.63) is 29.7 Å². The molecule has 158 valence electrons. The highest BCUT2D eigenvalue weighted by molar-refractivity contribution is 7.89. The zero-order chi connectivity index (χ0) is 21.4. The van der Waals surface area contributed by atoms with Gasteiger partial charge in [-0.25, -0.2) is 18.4 Å². The minimum Gasteiger partial charge on any atom is -0.360 e. The van der Waals surface area contributed by atoms with Crippen molar-refractivity contribution in [1.82, 2.24) is 19.4 Å². The molecule has 2 aromatic heterocycles. The SMILES string of the molecule is Cc1noc(C)c1S(=O)(=O)N1CCCC(C(=O)Nc2cnc(C(C)(C)C)nc2)C1. The first-order valence-electron chi connectivity index (χ1n) is 9.56. The number of aromatic nitrogens is 3. The number of carbonyl (C=O) groups is 1. The summed E-state index contributed by atoms with van der Waals surface area (Å²) in [5, 5.41) is 6.54. The van der Waals surface area contributed by atoms with Crippen LogP contribution in [0.25, 0.3) is 0 Å². The van der Waals surface area contributed by atoms with E-state index in [9.17, 15) is 13.2 Å². The van der Waals surface area contributed by atoms with Gasteiger partial charge < -0.3 is 9.84 Å². The highest BCUT2D eigenvalue weighted by atomic mass is 32.2. The van der Waals surface area contributed by atoms with Crippen molar-refractivity contribution in [3.8, 4) is 0 Å². The molecule has 3 heterocycles.